The van der Waals surface area contributed by atoms with Gasteiger partial charge in [0.15, 0.2) is 0 Å². The van der Waals surface area contributed by atoms with Gasteiger partial charge in [0.1, 0.15) is 6.04 Å². The Hall–Kier alpha value is -1.65. The second kappa shape index (κ2) is 5.80. The molecule has 1 atom stereocenters. The van der Waals surface area contributed by atoms with Crippen LogP contribution in [-0.2, 0) is 9.53 Å². The number of esters is 1. The number of hydrogen-bond donors (Lipinski definition) is 1. The Morgan fingerprint density at radius 1 is 1.56 bits per heavy atom. The predicted octanol–water partition coefficient (Wildman–Crippen LogP) is 2.89. The Kier molecular flexibility index (Phi) is 4.12. The second-order valence-corrected chi connectivity index (χ2v) is 4.75. The van der Waals surface area contributed by atoms with Gasteiger partial charge in [-0.2, -0.15) is 0 Å². The summed E-state index contributed by atoms with van der Waals surface area (Å²) in [6.45, 7) is 4.21. The highest BCUT2D eigenvalue weighted by molar-refractivity contribution is 7.17. The van der Waals surface area contributed by atoms with Crippen LogP contribution in [0.5, 0.6) is 0 Å². The molecule has 1 N–H and O–H groups in total. The standard InChI is InChI=1S/C14H15NO2S/c1-3-8-15-13(14(16)17-2)11-9-18-12-7-5-4-6-10(11)12/h3-7,9,13,15H,1,8H2,2H3. The molecule has 0 amide bonds. The van der Waals surface area contributed by atoms with E-state index in [4.69, 9.17) is 4.74 Å². The zero-order chi connectivity index (χ0) is 13.0. The third kappa shape index (κ3) is 2.44. The Labute approximate surface area is 110 Å². The number of methoxy groups -OCH3 is 1. The first-order valence-electron chi connectivity index (χ1n) is 5.66. The first-order chi connectivity index (χ1) is 8.77. The van der Waals surface area contributed by atoms with Crippen LogP contribution in [0.3, 0.4) is 0 Å². The number of nitrogens with one attached hydrogen (secondary N) is 1. The molecule has 0 spiro atoms. The number of rotatable bonds is 5. The normalized spacial score (nSPS) is 12.3. The average Bonchev–Trinajstić information content (AvgIpc) is 2.83. The number of carbonyl (C=O) groups excluding carboxylic acids is 1. The van der Waals surface area contributed by atoms with Gasteiger partial charge in [-0.1, -0.05) is 24.3 Å². The van der Waals surface area contributed by atoms with E-state index in [1.54, 1.807) is 17.4 Å². The molecule has 0 aliphatic heterocycles. The summed E-state index contributed by atoms with van der Waals surface area (Å²) in [4.78, 5) is 11.8. The molecule has 1 aromatic heterocycles. The van der Waals surface area contributed by atoms with Crippen molar-refractivity contribution < 1.29 is 9.53 Å². The lowest BCUT2D eigenvalue weighted by molar-refractivity contribution is -0.143. The Bertz CT molecular complexity index is 562. The minimum atomic E-state index is -0.441. The number of benzene rings is 1. The molecular formula is C14H15NO2S. The Morgan fingerprint density at radius 3 is 3.06 bits per heavy atom. The van der Waals surface area contributed by atoms with Gasteiger partial charge < -0.3 is 4.74 Å². The zero-order valence-electron chi connectivity index (χ0n) is 10.2. The molecule has 0 saturated carbocycles. The number of ether oxygens (including phenoxy) is 1. The van der Waals surface area contributed by atoms with Crippen molar-refractivity contribution in [2.24, 2.45) is 0 Å². The molecule has 94 valence electrons. The molecule has 0 aliphatic carbocycles. The van der Waals surface area contributed by atoms with Gasteiger partial charge in [0.05, 0.1) is 7.11 Å². The first kappa shape index (κ1) is 12.8. The van der Waals surface area contributed by atoms with Gasteiger partial charge in [-0.25, -0.2) is 4.79 Å². The second-order valence-electron chi connectivity index (χ2n) is 3.84. The van der Waals surface area contributed by atoms with Crippen molar-refractivity contribution in [3.63, 3.8) is 0 Å². The average molecular weight is 261 g/mol. The van der Waals surface area contributed by atoms with Crippen LogP contribution in [0.1, 0.15) is 11.6 Å². The summed E-state index contributed by atoms with van der Waals surface area (Å²) in [5, 5.41) is 6.22. The summed E-state index contributed by atoms with van der Waals surface area (Å²) >= 11 is 1.63. The van der Waals surface area contributed by atoms with E-state index in [0.717, 1.165) is 10.9 Å². The summed E-state index contributed by atoms with van der Waals surface area (Å²) < 4.78 is 6.02. The summed E-state index contributed by atoms with van der Waals surface area (Å²) in [5.74, 6) is -0.277. The predicted molar refractivity (Wildman–Crippen MR) is 74.8 cm³/mol. The number of hydrogen-bond acceptors (Lipinski definition) is 4. The van der Waals surface area contributed by atoms with E-state index in [1.165, 1.54) is 11.8 Å². The molecule has 0 saturated heterocycles. The molecule has 0 radical (unpaired) electrons. The van der Waals surface area contributed by atoms with E-state index >= 15 is 0 Å². The molecule has 1 unspecified atom stereocenters. The molecule has 3 nitrogen and oxygen atoms in total. The van der Waals surface area contributed by atoms with Crippen molar-refractivity contribution in [1.29, 1.82) is 0 Å². The third-order valence-corrected chi connectivity index (χ3v) is 3.71. The van der Waals surface area contributed by atoms with Crippen molar-refractivity contribution in [3.05, 3.63) is 47.9 Å². The van der Waals surface area contributed by atoms with Crippen molar-refractivity contribution >= 4 is 27.4 Å². The van der Waals surface area contributed by atoms with Crippen LogP contribution in [0.4, 0.5) is 0 Å². The van der Waals surface area contributed by atoms with Gasteiger partial charge in [-0.3, -0.25) is 5.32 Å². The molecule has 1 heterocycles. The van der Waals surface area contributed by atoms with E-state index in [-0.39, 0.29) is 5.97 Å². The van der Waals surface area contributed by atoms with Crippen LogP contribution in [0.2, 0.25) is 0 Å². The minimum Gasteiger partial charge on any atom is -0.468 e. The number of fused-ring (bicyclic) bond motifs is 1. The highest BCUT2D eigenvalue weighted by atomic mass is 32.1. The minimum absolute atomic E-state index is 0.277. The van der Waals surface area contributed by atoms with Crippen LogP contribution in [-0.4, -0.2) is 19.6 Å². The van der Waals surface area contributed by atoms with Crippen molar-refractivity contribution in [1.82, 2.24) is 5.32 Å². The largest absolute Gasteiger partial charge is 0.468 e. The highest BCUT2D eigenvalue weighted by Crippen LogP contribution is 2.30. The maximum Gasteiger partial charge on any atom is 0.327 e. The van der Waals surface area contributed by atoms with Crippen LogP contribution in [0.15, 0.2) is 42.3 Å². The van der Waals surface area contributed by atoms with Gasteiger partial charge in [0, 0.05) is 11.2 Å². The van der Waals surface area contributed by atoms with Crippen molar-refractivity contribution in [2.75, 3.05) is 13.7 Å². The van der Waals surface area contributed by atoms with Crippen LogP contribution >= 0.6 is 11.3 Å². The molecule has 0 bridgehead atoms. The van der Waals surface area contributed by atoms with E-state index in [2.05, 4.69) is 11.9 Å². The third-order valence-electron chi connectivity index (χ3n) is 2.73. The lowest BCUT2D eigenvalue weighted by Crippen LogP contribution is -2.29. The lowest BCUT2D eigenvalue weighted by Gasteiger charge is -2.14. The number of thiophene rings is 1. The quantitative estimate of drug-likeness (QED) is 0.664. The molecule has 4 heteroatoms. The Balaban J connectivity index is 2.40. The molecule has 2 aromatic rings. The molecular weight excluding hydrogens is 246 g/mol. The molecule has 1 aromatic carbocycles. The Morgan fingerprint density at radius 2 is 2.33 bits per heavy atom. The molecule has 2 rings (SSSR count). The monoisotopic (exact) mass is 261 g/mol. The fourth-order valence-electron chi connectivity index (χ4n) is 1.86. The van der Waals surface area contributed by atoms with Crippen molar-refractivity contribution in [2.45, 2.75) is 6.04 Å². The van der Waals surface area contributed by atoms with Gasteiger partial charge >= 0.3 is 5.97 Å². The van der Waals surface area contributed by atoms with Gasteiger partial charge in [-0.15, -0.1) is 17.9 Å². The lowest BCUT2D eigenvalue weighted by atomic mass is 10.1. The molecule has 0 aliphatic rings. The van der Waals surface area contributed by atoms with E-state index in [9.17, 15) is 4.79 Å². The van der Waals surface area contributed by atoms with Crippen LogP contribution in [0, 0.1) is 0 Å². The molecule has 18 heavy (non-hydrogen) atoms. The van der Waals surface area contributed by atoms with Crippen LogP contribution in [0.25, 0.3) is 10.1 Å². The smallest absolute Gasteiger partial charge is 0.327 e. The van der Waals surface area contributed by atoms with Crippen molar-refractivity contribution in [3.8, 4) is 0 Å². The van der Waals surface area contributed by atoms with Crippen LogP contribution < -0.4 is 5.32 Å². The number of carbonyl (C=O) groups is 1. The van der Waals surface area contributed by atoms with E-state index < -0.39 is 6.04 Å². The highest BCUT2D eigenvalue weighted by Gasteiger charge is 2.23. The maximum absolute atomic E-state index is 11.8. The summed E-state index contributed by atoms with van der Waals surface area (Å²) in [6.07, 6.45) is 1.73. The van der Waals surface area contributed by atoms with Gasteiger partial charge in [0.25, 0.3) is 0 Å². The van der Waals surface area contributed by atoms with E-state index in [0.29, 0.717) is 6.54 Å². The van der Waals surface area contributed by atoms with Gasteiger partial charge in [-0.05, 0) is 22.4 Å². The topological polar surface area (TPSA) is 38.3 Å². The first-order valence-corrected chi connectivity index (χ1v) is 6.54. The van der Waals surface area contributed by atoms with Gasteiger partial charge in [0.2, 0.25) is 0 Å². The van der Waals surface area contributed by atoms with E-state index in [1.807, 2.05) is 29.6 Å². The zero-order valence-corrected chi connectivity index (χ0v) is 11.0. The maximum atomic E-state index is 11.8. The SMILES string of the molecule is C=CCNC(C(=O)OC)c1csc2ccccc12. The summed E-state index contributed by atoms with van der Waals surface area (Å²) in [7, 11) is 1.40. The summed E-state index contributed by atoms with van der Waals surface area (Å²) in [5.41, 5.74) is 0.962. The fraction of sp³-hybridized carbons (Fsp3) is 0.214. The summed E-state index contributed by atoms with van der Waals surface area (Å²) in [6, 6.07) is 7.59. The fourth-order valence-corrected chi connectivity index (χ4v) is 2.85. The molecule has 0 fully saturated rings.